The molecule has 0 saturated heterocycles. The van der Waals surface area contributed by atoms with Crippen molar-refractivity contribution in [2.75, 3.05) is 13.6 Å². The Labute approximate surface area is 114 Å². The molecule has 18 heavy (non-hydrogen) atoms. The SMILES string of the molecule is CN=C(NCCC1CC1)NCc1ccc(Cl)cc1. The van der Waals surface area contributed by atoms with Gasteiger partial charge in [0.05, 0.1) is 0 Å². The number of halogens is 1. The summed E-state index contributed by atoms with van der Waals surface area (Å²) < 4.78 is 0. The molecule has 0 spiro atoms. The first-order valence-corrected chi connectivity index (χ1v) is 6.84. The second-order valence-corrected chi connectivity index (χ2v) is 5.15. The zero-order chi connectivity index (χ0) is 12.8. The Kier molecular flexibility index (Phi) is 4.88. The quantitative estimate of drug-likeness (QED) is 0.635. The summed E-state index contributed by atoms with van der Waals surface area (Å²) in [6.07, 6.45) is 4.05. The lowest BCUT2D eigenvalue weighted by molar-refractivity contribution is 0.684. The summed E-state index contributed by atoms with van der Waals surface area (Å²) in [5, 5.41) is 7.40. The fraction of sp³-hybridized carbons (Fsp3) is 0.500. The van der Waals surface area contributed by atoms with E-state index >= 15 is 0 Å². The molecule has 1 aliphatic rings. The highest BCUT2D eigenvalue weighted by atomic mass is 35.5. The first-order valence-electron chi connectivity index (χ1n) is 6.47. The van der Waals surface area contributed by atoms with Gasteiger partial charge in [0, 0.05) is 25.2 Å². The van der Waals surface area contributed by atoms with E-state index < -0.39 is 0 Å². The molecule has 0 amide bonds. The summed E-state index contributed by atoms with van der Waals surface area (Å²) >= 11 is 5.85. The van der Waals surface area contributed by atoms with Crippen LogP contribution in [0.4, 0.5) is 0 Å². The Morgan fingerprint density at radius 2 is 2.00 bits per heavy atom. The summed E-state index contributed by atoms with van der Waals surface area (Å²) in [5.74, 6) is 1.82. The third kappa shape index (κ3) is 4.57. The molecule has 0 unspecified atom stereocenters. The van der Waals surface area contributed by atoms with Gasteiger partial charge in [-0.05, 0) is 30.0 Å². The van der Waals surface area contributed by atoms with Crippen LogP contribution in [-0.4, -0.2) is 19.6 Å². The Balaban J connectivity index is 1.70. The first kappa shape index (κ1) is 13.2. The number of hydrogen-bond acceptors (Lipinski definition) is 1. The molecule has 2 rings (SSSR count). The first-order chi connectivity index (χ1) is 8.78. The van der Waals surface area contributed by atoms with Gasteiger partial charge in [0.1, 0.15) is 0 Å². The van der Waals surface area contributed by atoms with Gasteiger partial charge in [-0.3, -0.25) is 4.99 Å². The van der Waals surface area contributed by atoms with Crippen LogP contribution in [0.15, 0.2) is 29.3 Å². The van der Waals surface area contributed by atoms with E-state index in [2.05, 4.69) is 15.6 Å². The average Bonchev–Trinajstić information content (AvgIpc) is 3.19. The maximum absolute atomic E-state index is 5.85. The van der Waals surface area contributed by atoms with Gasteiger partial charge >= 0.3 is 0 Å². The van der Waals surface area contributed by atoms with Crippen LogP contribution >= 0.6 is 11.6 Å². The number of nitrogens with one attached hydrogen (secondary N) is 2. The lowest BCUT2D eigenvalue weighted by Gasteiger charge is -2.11. The largest absolute Gasteiger partial charge is 0.356 e. The van der Waals surface area contributed by atoms with Gasteiger partial charge < -0.3 is 10.6 Å². The summed E-state index contributed by atoms with van der Waals surface area (Å²) in [6.45, 7) is 1.77. The summed E-state index contributed by atoms with van der Waals surface area (Å²) in [7, 11) is 1.80. The molecule has 1 aromatic rings. The van der Waals surface area contributed by atoms with Crippen LogP contribution in [0, 0.1) is 5.92 Å². The molecule has 4 heteroatoms. The maximum atomic E-state index is 5.85. The van der Waals surface area contributed by atoms with Crippen LogP contribution in [0.3, 0.4) is 0 Å². The minimum absolute atomic E-state index is 0.764. The van der Waals surface area contributed by atoms with Crippen LogP contribution in [0.1, 0.15) is 24.8 Å². The molecule has 0 aliphatic heterocycles. The summed E-state index contributed by atoms with van der Waals surface area (Å²) in [5.41, 5.74) is 1.20. The molecule has 98 valence electrons. The average molecular weight is 266 g/mol. The third-order valence-electron chi connectivity index (χ3n) is 3.14. The van der Waals surface area contributed by atoms with Crippen molar-refractivity contribution in [2.45, 2.75) is 25.8 Å². The van der Waals surface area contributed by atoms with E-state index in [-0.39, 0.29) is 0 Å². The van der Waals surface area contributed by atoms with Crippen molar-refractivity contribution >= 4 is 17.6 Å². The predicted molar refractivity (Wildman–Crippen MR) is 77.0 cm³/mol. The number of rotatable bonds is 5. The Morgan fingerprint density at radius 3 is 2.61 bits per heavy atom. The van der Waals surface area contributed by atoms with Crippen LogP contribution in [0.2, 0.25) is 5.02 Å². The van der Waals surface area contributed by atoms with Gasteiger partial charge in [0.25, 0.3) is 0 Å². The van der Waals surface area contributed by atoms with Crippen LogP contribution in [0.25, 0.3) is 0 Å². The Bertz CT molecular complexity index is 396. The van der Waals surface area contributed by atoms with Gasteiger partial charge in [0.15, 0.2) is 5.96 Å². The lowest BCUT2D eigenvalue weighted by atomic mass is 10.2. The highest BCUT2D eigenvalue weighted by molar-refractivity contribution is 6.30. The molecular formula is C14H20ClN3. The minimum atomic E-state index is 0.764. The molecule has 0 bridgehead atoms. The normalized spacial score (nSPS) is 15.6. The van der Waals surface area contributed by atoms with Crippen molar-refractivity contribution in [3.63, 3.8) is 0 Å². The molecule has 0 atom stereocenters. The molecule has 0 radical (unpaired) electrons. The second kappa shape index (κ2) is 6.64. The zero-order valence-electron chi connectivity index (χ0n) is 10.7. The molecule has 3 nitrogen and oxygen atoms in total. The molecule has 1 aromatic carbocycles. The van der Waals surface area contributed by atoms with E-state index in [0.29, 0.717) is 0 Å². The van der Waals surface area contributed by atoms with E-state index in [1.165, 1.54) is 24.8 Å². The number of guanidine groups is 1. The smallest absolute Gasteiger partial charge is 0.191 e. The van der Waals surface area contributed by atoms with E-state index in [9.17, 15) is 0 Å². The van der Waals surface area contributed by atoms with E-state index in [1.807, 2.05) is 24.3 Å². The maximum Gasteiger partial charge on any atom is 0.191 e. The molecule has 1 saturated carbocycles. The van der Waals surface area contributed by atoms with Crippen molar-refractivity contribution in [2.24, 2.45) is 10.9 Å². The molecule has 0 heterocycles. The number of aliphatic imine (C=N–C) groups is 1. The molecule has 1 fully saturated rings. The van der Waals surface area contributed by atoms with Crippen LogP contribution in [0.5, 0.6) is 0 Å². The van der Waals surface area contributed by atoms with Crippen molar-refractivity contribution in [3.05, 3.63) is 34.9 Å². The van der Waals surface area contributed by atoms with Gasteiger partial charge in [-0.2, -0.15) is 0 Å². The molecule has 1 aliphatic carbocycles. The highest BCUT2D eigenvalue weighted by Gasteiger charge is 2.20. The molecule has 2 N–H and O–H groups in total. The minimum Gasteiger partial charge on any atom is -0.356 e. The topological polar surface area (TPSA) is 36.4 Å². The fourth-order valence-electron chi connectivity index (χ4n) is 1.81. The number of nitrogens with zero attached hydrogens (tertiary/aromatic N) is 1. The zero-order valence-corrected chi connectivity index (χ0v) is 11.5. The number of benzene rings is 1. The lowest BCUT2D eigenvalue weighted by Crippen LogP contribution is -2.37. The van der Waals surface area contributed by atoms with Crippen LogP contribution < -0.4 is 10.6 Å². The van der Waals surface area contributed by atoms with E-state index in [4.69, 9.17) is 11.6 Å². The summed E-state index contributed by atoms with van der Waals surface area (Å²) in [6, 6.07) is 7.85. The Hall–Kier alpha value is -1.22. The van der Waals surface area contributed by atoms with Crippen molar-refractivity contribution in [1.82, 2.24) is 10.6 Å². The van der Waals surface area contributed by atoms with Gasteiger partial charge in [-0.1, -0.05) is 36.6 Å². The van der Waals surface area contributed by atoms with Gasteiger partial charge in [-0.15, -0.1) is 0 Å². The summed E-state index contributed by atoms with van der Waals surface area (Å²) in [4.78, 5) is 4.21. The van der Waals surface area contributed by atoms with Gasteiger partial charge in [0.2, 0.25) is 0 Å². The van der Waals surface area contributed by atoms with E-state index in [0.717, 1.165) is 30.0 Å². The monoisotopic (exact) mass is 265 g/mol. The van der Waals surface area contributed by atoms with Crippen molar-refractivity contribution in [3.8, 4) is 0 Å². The van der Waals surface area contributed by atoms with Gasteiger partial charge in [-0.25, -0.2) is 0 Å². The van der Waals surface area contributed by atoms with Crippen LogP contribution in [-0.2, 0) is 6.54 Å². The molecular weight excluding hydrogens is 246 g/mol. The number of hydrogen-bond donors (Lipinski definition) is 2. The fourth-order valence-corrected chi connectivity index (χ4v) is 1.94. The van der Waals surface area contributed by atoms with Crippen molar-refractivity contribution in [1.29, 1.82) is 0 Å². The highest BCUT2D eigenvalue weighted by Crippen LogP contribution is 2.31. The molecule has 0 aromatic heterocycles. The second-order valence-electron chi connectivity index (χ2n) is 4.71. The predicted octanol–water partition coefficient (Wildman–Crippen LogP) is 2.81. The Morgan fingerprint density at radius 1 is 1.28 bits per heavy atom. The van der Waals surface area contributed by atoms with Crippen molar-refractivity contribution < 1.29 is 0 Å². The van der Waals surface area contributed by atoms with E-state index in [1.54, 1.807) is 7.05 Å². The third-order valence-corrected chi connectivity index (χ3v) is 3.39. The standard InChI is InChI=1S/C14H20ClN3/c1-16-14(17-9-8-11-2-3-11)18-10-12-4-6-13(15)7-5-12/h4-7,11H,2-3,8-10H2,1H3,(H2,16,17,18).